The lowest BCUT2D eigenvalue weighted by Crippen LogP contribution is -2.80. The molecule has 1 aromatic rings. The Hall–Kier alpha value is -1.65. The molecule has 4 atom stereocenters. The van der Waals surface area contributed by atoms with E-state index >= 15 is 0 Å². The highest BCUT2D eigenvalue weighted by molar-refractivity contribution is 5.94. The average molecular weight is 310 g/mol. The predicted octanol–water partition coefficient (Wildman–Crippen LogP) is 1.44. The van der Waals surface area contributed by atoms with Crippen molar-refractivity contribution < 1.29 is 14.6 Å². The summed E-state index contributed by atoms with van der Waals surface area (Å²) >= 11 is 0. The molecular formula is C19H20NO3. The van der Waals surface area contributed by atoms with Gasteiger partial charge in [0.2, 0.25) is 0 Å². The third-order valence-corrected chi connectivity index (χ3v) is 6.69. The van der Waals surface area contributed by atoms with E-state index in [-0.39, 0.29) is 11.8 Å². The zero-order valence-corrected chi connectivity index (χ0v) is 13.0. The van der Waals surface area contributed by atoms with Gasteiger partial charge in [0, 0.05) is 30.5 Å². The molecule has 2 aliphatic heterocycles. The lowest BCUT2D eigenvalue weighted by Gasteiger charge is -2.63. The van der Waals surface area contributed by atoms with E-state index in [1.807, 2.05) is 6.07 Å². The summed E-state index contributed by atoms with van der Waals surface area (Å²) in [4.78, 5) is 13.1. The van der Waals surface area contributed by atoms with Crippen LogP contribution in [0.1, 0.15) is 36.8 Å². The molecule has 4 aliphatic rings. The minimum absolute atomic E-state index is 0.0296. The van der Waals surface area contributed by atoms with Gasteiger partial charge in [-0.3, -0.25) is 4.79 Å². The van der Waals surface area contributed by atoms with Crippen LogP contribution in [-0.4, -0.2) is 34.7 Å². The smallest absolute Gasteiger partial charge is 0.183 e. The second kappa shape index (κ2) is 4.05. The summed E-state index contributed by atoms with van der Waals surface area (Å²) < 4.78 is 6.32. The number of rotatable bonds is 2. The molecular weight excluding hydrogens is 290 g/mol. The van der Waals surface area contributed by atoms with Crippen molar-refractivity contribution in [1.82, 2.24) is 5.32 Å². The fourth-order valence-corrected chi connectivity index (χ4v) is 5.89. The second-order valence-electron chi connectivity index (χ2n) is 7.34. The minimum atomic E-state index is -1.02. The van der Waals surface area contributed by atoms with Gasteiger partial charge in [-0.1, -0.05) is 18.2 Å². The molecule has 0 amide bonds. The number of ketones is 1. The number of nitrogens with one attached hydrogen (secondary N) is 1. The van der Waals surface area contributed by atoms with E-state index in [2.05, 4.69) is 24.0 Å². The van der Waals surface area contributed by atoms with Crippen molar-refractivity contribution in [2.45, 2.75) is 54.8 Å². The van der Waals surface area contributed by atoms with Crippen LogP contribution in [0.5, 0.6) is 5.75 Å². The zero-order chi connectivity index (χ0) is 15.9. The molecule has 4 heteroatoms. The van der Waals surface area contributed by atoms with Gasteiger partial charge in [-0.15, -0.1) is 6.58 Å². The topological polar surface area (TPSA) is 58.6 Å². The van der Waals surface area contributed by atoms with Crippen LogP contribution in [0.15, 0.2) is 24.8 Å². The minimum Gasteiger partial charge on any atom is -0.477 e. The number of ether oxygens (including phenoxy) is 1. The average Bonchev–Trinajstić information content (AvgIpc) is 2.81. The Morgan fingerprint density at radius 2 is 2.39 bits per heavy atom. The van der Waals surface area contributed by atoms with Crippen LogP contribution < -0.4 is 10.1 Å². The highest BCUT2D eigenvalue weighted by Gasteiger charge is 2.77. The van der Waals surface area contributed by atoms with Gasteiger partial charge in [0.1, 0.15) is 5.75 Å². The van der Waals surface area contributed by atoms with Crippen LogP contribution in [0.4, 0.5) is 0 Å². The molecule has 0 aromatic heterocycles. The van der Waals surface area contributed by atoms with E-state index in [9.17, 15) is 9.90 Å². The van der Waals surface area contributed by atoms with Gasteiger partial charge in [0.25, 0.3) is 0 Å². The molecule has 1 aromatic carbocycles. The molecule has 2 fully saturated rings. The number of hydrogen-bond acceptors (Lipinski definition) is 4. The van der Waals surface area contributed by atoms with Gasteiger partial charge in [-0.05, 0) is 31.4 Å². The Morgan fingerprint density at radius 3 is 3.22 bits per heavy atom. The molecule has 1 saturated heterocycles. The van der Waals surface area contributed by atoms with Crippen molar-refractivity contribution in [3.63, 3.8) is 0 Å². The fraction of sp³-hybridized carbons (Fsp3) is 0.526. The van der Waals surface area contributed by atoms with Crippen molar-refractivity contribution in [2.24, 2.45) is 0 Å². The number of Topliss-reactive ketones (excluding diaryl/α,β-unsaturated/α-hetero) is 1. The van der Waals surface area contributed by atoms with Crippen molar-refractivity contribution in [3.8, 4) is 5.75 Å². The van der Waals surface area contributed by atoms with Gasteiger partial charge in [-0.25, -0.2) is 0 Å². The SMILES string of the molecule is C=CCC12Oc3[c]ccc4c3[C@@]13CCN[C@H](C4)[C@]3(O)CCC2=O. The Morgan fingerprint density at radius 1 is 1.52 bits per heavy atom. The summed E-state index contributed by atoms with van der Waals surface area (Å²) in [6.07, 6.45) is 4.53. The zero-order valence-electron chi connectivity index (χ0n) is 13.0. The van der Waals surface area contributed by atoms with E-state index in [0.29, 0.717) is 31.4 Å². The van der Waals surface area contributed by atoms with Gasteiger partial charge in [0.15, 0.2) is 11.4 Å². The lowest BCUT2D eigenvalue weighted by atomic mass is 9.44. The summed E-state index contributed by atoms with van der Waals surface area (Å²) in [7, 11) is 0. The number of piperidine rings is 1. The molecule has 2 N–H and O–H groups in total. The normalized spacial score (nSPS) is 42.8. The van der Waals surface area contributed by atoms with Crippen LogP contribution in [-0.2, 0) is 16.6 Å². The van der Waals surface area contributed by atoms with Crippen LogP contribution in [0, 0.1) is 6.07 Å². The number of aliphatic hydroxyl groups is 1. The largest absolute Gasteiger partial charge is 0.477 e. The van der Waals surface area contributed by atoms with E-state index in [0.717, 1.165) is 18.5 Å². The third-order valence-electron chi connectivity index (χ3n) is 6.69. The molecule has 2 bridgehead atoms. The van der Waals surface area contributed by atoms with Gasteiger partial charge in [-0.2, -0.15) is 0 Å². The Kier molecular flexibility index (Phi) is 2.43. The molecule has 1 unspecified atom stereocenters. The molecule has 4 nitrogen and oxygen atoms in total. The number of benzene rings is 1. The molecule has 1 spiro atoms. The lowest BCUT2D eigenvalue weighted by molar-refractivity contribution is -0.191. The van der Waals surface area contributed by atoms with E-state index in [1.54, 1.807) is 6.08 Å². The van der Waals surface area contributed by atoms with Crippen molar-refractivity contribution >= 4 is 5.78 Å². The first kappa shape index (κ1) is 13.8. The van der Waals surface area contributed by atoms with Crippen molar-refractivity contribution in [3.05, 3.63) is 42.0 Å². The van der Waals surface area contributed by atoms with Crippen LogP contribution in [0.25, 0.3) is 0 Å². The standard InChI is InChI=1S/C19H20NO3/c1-2-7-19-15(21)6-8-18(22)14-11-12-4-3-5-13(23-19)16(12)17(18,19)9-10-20-14/h2-4,14,20,22H,1,6-11H2/t14-,17-,18-,19?/m1/s1. The Labute approximate surface area is 135 Å². The summed E-state index contributed by atoms with van der Waals surface area (Å²) in [6, 6.07) is 7.08. The van der Waals surface area contributed by atoms with Crippen LogP contribution in [0.2, 0.25) is 0 Å². The van der Waals surface area contributed by atoms with Crippen LogP contribution in [0.3, 0.4) is 0 Å². The van der Waals surface area contributed by atoms with E-state index in [1.165, 1.54) is 5.56 Å². The fourth-order valence-electron chi connectivity index (χ4n) is 5.89. The first-order chi connectivity index (χ1) is 11.1. The molecule has 2 heterocycles. The number of carbonyl (C=O) groups is 1. The highest BCUT2D eigenvalue weighted by atomic mass is 16.5. The molecule has 1 radical (unpaired) electrons. The number of hydrogen-bond donors (Lipinski definition) is 2. The Balaban J connectivity index is 1.90. The van der Waals surface area contributed by atoms with Crippen molar-refractivity contribution in [1.29, 1.82) is 0 Å². The quantitative estimate of drug-likeness (QED) is 0.812. The molecule has 119 valence electrons. The Bertz CT molecular complexity index is 744. The van der Waals surface area contributed by atoms with E-state index < -0.39 is 16.6 Å². The summed E-state index contributed by atoms with van der Waals surface area (Å²) in [5, 5.41) is 15.3. The second-order valence-corrected chi connectivity index (χ2v) is 7.34. The predicted molar refractivity (Wildman–Crippen MR) is 84.4 cm³/mol. The third kappa shape index (κ3) is 1.24. The maximum Gasteiger partial charge on any atom is 0.183 e. The molecule has 1 saturated carbocycles. The van der Waals surface area contributed by atoms with Gasteiger partial charge < -0.3 is 15.2 Å². The summed E-state index contributed by atoms with van der Waals surface area (Å²) in [6.45, 7) is 4.65. The van der Waals surface area contributed by atoms with Gasteiger partial charge in [0.05, 0.1) is 11.0 Å². The molecule has 23 heavy (non-hydrogen) atoms. The monoisotopic (exact) mass is 310 g/mol. The van der Waals surface area contributed by atoms with Crippen molar-refractivity contribution in [2.75, 3.05) is 6.54 Å². The van der Waals surface area contributed by atoms with E-state index in [4.69, 9.17) is 4.74 Å². The highest BCUT2D eigenvalue weighted by Crippen LogP contribution is 2.66. The molecule has 5 rings (SSSR count). The maximum atomic E-state index is 13.1. The first-order valence-electron chi connectivity index (χ1n) is 8.42. The van der Waals surface area contributed by atoms with Gasteiger partial charge >= 0.3 is 0 Å². The first-order valence-corrected chi connectivity index (χ1v) is 8.42. The number of carbonyl (C=O) groups excluding carboxylic acids is 1. The van der Waals surface area contributed by atoms with Crippen LogP contribution >= 0.6 is 0 Å². The summed E-state index contributed by atoms with van der Waals surface area (Å²) in [5.74, 6) is 0.763. The molecule has 2 aliphatic carbocycles. The maximum absolute atomic E-state index is 13.1. The summed E-state index contributed by atoms with van der Waals surface area (Å²) in [5.41, 5.74) is -0.413.